The Morgan fingerprint density at radius 2 is 1.95 bits per heavy atom. The number of aromatic carboxylic acids is 1. The van der Waals surface area contributed by atoms with Gasteiger partial charge >= 0.3 is 5.97 Å². The molecule has 0 saturated carbocycles. The van der Waals surface area contributed by atoms with Gasteiger partial charge in [0, 0.05) is 12.1 Å². The molecular weight excluding hydrogens is 294 g/mol. The number of aryl methyl sites for hydroxylation is 1. The quantitative estimate of drug-likeness (QED) is 0.705. The molecule has 0 radical (unpaired) electrons. The van der Waals surface area contributed by atoms with Crippen molar-refractivity contribution >= 4 is 16.0 Å². The number of carboxylic acid groups (broad SMARTS) is 1. The Balaban J connectivity index is 3.29. The molecule has 0 amide bonds. The lowest BCUT2D eigenvalue weighted by atomic mass is 10.0. The maximum Gasteiger partial charge on any atom is 0.335 e. The second-order valence-corrected chi connectivity index (χ2v) is 7.10. The Labute approximate surface area is 124 Å². The van der Waals surface area contributed by atoms with Gasteiger partial charge in [0.15, 0.2) is 0 Å². The highest BCUT2D eigenvalue weighted by molar-refractivity contribution is 7.89. The molecule has 0 fully saturated rings. The number of benzene rings is 1. The Morgan fingerprint density at radius 1 is 1.33 bits per heavy atom. The van der Waals surface area contributed by atoms with Crippen LogP contribution >= 0.6 is 0 Å². The van der Waals surface area contributed by atoms with E-state index in [9.17, 15) is 13.2 Å². The van der Waals surface area contributed by atoms with Crippen LogP contribution in [0.4, 0.5) is 0 Å². The van der Waals surface area contributed by atoms with Gasteiger partial charge in [0.2, 0.25) is 10.0 Å². The summed E-state index contributed by atoms with van der Waals surface area (Å²) in [6.07, 6.45) is 0.725. The maximum atomic E-state index is 12.5. The van der Waals surface area contributed by atoms with E-state index in [0.717, 1.165) is 0 Å². The number of nitrogens with one attached hydrogen (secondary N) is 1. The first-order valence-electron chi connectivity index (χ1n) is 6.64. The van der Waals surface area contributed by atoms with Crippen molar-refractivity contribution in [2.45, 2.75) is 44.0 Å². The summed E-state index contributed by atoms with van der Waals surface area (Å²) in [4.78, 5) is 11.0. The Kier molecular flexibility index (Phi) is 5.49. The molecule has 0 aliphatic heterocycles. The van der Waals surface area contributed by atoms with Crippen molar-refractivity contribution in [3.63, 3.8) is 0 Å². The van der Waals surface area contributed by atoms with E-state index in [1.165, 1.54) is 18.2 Å². The molecule has 1 aromatic carbocycles. The third kappa shape index (κ3) is 4.52. The van der Waals surface area contributed by atoms with Crippen molar-refractivity contribution < 1.29 is 23.4 Å². The molecule has 1 rings (SSSR count). The molecule has 0 heterocycles. The summed E-state index contributed by atoms with van der Waals surface area (Å²) in [5.74, 6) is -1.18. The molecule has 1 aromatic rings. The molecule has 0 spiro atoms. The van der Waals surface area contributed by atoms with Crippen LogP contribution < -0.4 is 4.72 Å². The monoisotopic (exact) mass is 315 g/mol. The fourth-order valence-corrected chi connectivity index (χ4v) is 3.76. The first-order chi connectivity index (χ1) is 9.63. The van der Waals surface area contributed by atoms with Crippen LogP contribution in [0.3, 0.4) is 0 Å². The highest BCUT2D eigenvalue weighted by atomic mass is 32.2. The number of aliphatic hydroxyl groups excluding tert-OH is 1. The van der Waals surface area contributed by atoms with E-state index in [2.05, 4.69) is 4.72 Å². The molecule has 6 nitrogen and oxygen atoms in total. The highest BCUT2D eigenvalue weighted by Gasteiger charge is 2.27. The summed E-state index contributed by atoms with van der Waals surface area (Å²) in [5.41, 5.74) is -0.350. The van der Waals surface area contributed by atoms with E-state index in [4.69, 9.17) is 10.2 Å². The fourth-order valence-electron chi connectivity index (χ4n) is 1.98. The van der Waals surface area contributed by atoms with Gasteiger partial charge in [-0.15, -0.1) is 0 Å². The number of carbonyl (C=O) groups is 1. The van der Waals surface area contributed by atoms with Crippen molar-refractivity contribution in [2.24, 2.45) is 0 Å². The minimum absolute atomic E-state index is 0.0316. The zero-order valence-corrected chi connectivity index (χ0v) is 13.2. The molecule has 21 heavy (non-hydrogen) atoms. The highest BCUT2D eigenvalue weighted by Crippen LogP contribution is 2.21. The minimum Gasteiger partial charge on any atom is -0.478 e. The summed E-state index contributed by atoms with van der Waals surface area (Å²) in [7, 11) is -3.86. The van der Waals surface area contributed by atoms with Gasteiger partial charge in [0.1, 0.15) is 0 Å². The zero-order valence-electron chi connectivity index (χ0n) is 12.4. The molecule has 7 heteroatoms. The van der Waals surface area contributed by atoms with E-state index >= 15 is 0 Å². The molecule has 3 N–H and O–H groups in total. The Morgan fingerprint density at radius 3 is 2.43 bits per heavy atom. The summed E-state index contributed by atoms with van der Waals surface area (Å²) in [5, 5.41) is 18.0. The van der Waals surface area contributed by atoms with E-state index in [1.807, 2.05) is 0 Å². The Hall–Kier alpha value is -1.44. The second kappa shape index (κ2) is 6.55. The number of hydrogen-bond donors (Lipinski definition) is 3. The van der Waals surface area contributed by atoms with Crippen LogP contribution in [0.15, 0.2) is 23.1 Å². The van der Waals surface area contributed by atoms with Crippen LogP contribution in [0, 0.1) is 0 Å². The molecular formula is C14H21NO5S. The molecule has 0 bridgehead atoms. The van der Waals surface area contributed by atoms with Crippen LogP contribution in [-0.2, 0) is 16.4 Å². The minimum atomic E-state index is -3.86. The summed E-state index contributed by atoms with van der Waals surface area (Å²) < 4.78 is 27.5. The standard InChI is InChI=1S/C14H21NO5S/c1-4-10-5-6-11(13(17)18)9-12(10)21(19,20)15-14(2,3)7-8-16/h5-6,9,15-16H,4,7-8H2,1-3H3,(H,17,18). The lowest BCUT2D eigenvalue weighted by Crippen LogP contribution is -2.44. The second-order valence-electron chi connectivity index (χ2n) is 5.44. The average Bonchev–Trinajstić information content (AvgIpc) is 2.36. The molecule has 0 atom stereocenters. The average molecular weight is 315 g/mol. The zero-order chi connectivity index (χ0) is 16.3. The smallest absolute Gasteiger partial charge is 0.335 e. The molecule has 0 aliphatic rings. The van der Waals surface area contributed by atoms with Crippen LogP contribution in [0.1, 0.15) is 43.1 Å². The van der Waals surface area contributed by atoms with Crippen molar-refractivity contribution in [1.82, 2.24) is 4.72 Å². The van der Waals surface area contributed by atoms with E-state index in [-0.39, 0.29) is 23.5 Å². The van der Waals surface area contributed by atoms with Gasteiger partial charge in [-0.1, -0.05) is 13.0 Å². The molecule has 0 unspecified atom stereocenters. The fraction of sp³-hybridized carbons (Fsp3) is 0.500. The number of hydrogen-bond acceptors (Lipinski definition) is 4. The normalized spacial score (nSPS) is 12.4. The van der Waals surface area contributed by atoms with E-state index in [1.54, 1.807) is 20.8 Å². The Bertz CT molecular complexity index is 622. The van der Waals surface area contributed by atoms with E-state index in [0.29, 0.717) is 12.0 Å². The summed E-state index contributed by atoms with van der Waals surface area (Å²) in [6, 6.07) is 4.06. The van der Waals surface area contributed by atoms with Gasteiger partial charge in [-0.3, -0.25) is 0 Å². The van der Waals surface area contributed by atoms with Crippen molar-refractivity contribution in [2.75, 3.05) is 6.61 Å². The molecule has 0 aromatic heterocycles. The van der Waals surface area contributed by atoms with Crippen LogP contribution in [0.5, 0.6) is 0 Å². The predicted octanol–water partition coefficient (Wildman–Crippen LogP) is 1.39. The third-order valence-electron chi connectivity index (χ3n) is 3.13. The molecule has 0 aliphatic carbocycles. The maximum absolute atomic E-state index is 12.5. The first kappa shape index (κ1) is 17.6. The molecule has 0 saturated heterocycles. The van der Waals surface area contributed by atoms with Crippen molar-refractivity contribution in [3.05, 3.63) is 29.3 Å². The van der Waals surface area contributed by atoms with Gasteiger partial charge in [-0.05, 0) is 44.4 Å². The van der Waals surface area contributed by atoms with Gasteiger partial charge in [0.05, 0.1) is 10.5 Å². The number of carboxylic acids is 1. The lowest BCUT2D eigenvalue weighted by molar-refractivity contribution is 0.0696. The predicted molar refractivity (Wildman–Crippen MR) is 78.9 cm³/mol. The summed E-state index contributed by atoms with van der Waals surface area (Å²) >= 11 is 0. The number of rotatable bonds is 7. The van der Waals surface area contributed by atoms with Crippen LogP contribution in [0.2, 0.25) is 0 Å². The SMILES string of the molecule is CCc1ccc(C(=O)O)cc1S(=O)(=O)NC(C)(C)CCO. The van der Waals surface area contributed by atoms with Crippen LogP contribution in [0.25, 0.3) is 0 Å². The van der Waals surface area contributed by atoms with Gasteiger partial charge in [-0.25, -0.2) is 17.9 Å². The van der Waals surface area contributed by atoms with Gasteiger partial charge < -0.3 is 10.2 Å². The van der Waals surface area contributed by atoms with Gasteiger partial charge in [0.25, 0.3) is 0 Å². The van der Waals surface area contributed by atoms with Crippen LogP contribution in [-0.4, -0.2) is 36.7 Å². The van der Waals surface area contributed by atoms with E-state index < -0.39 is 21.5 Å². The van der Waals surface area contributed by atoms with Gasteiger partial charge in [-0.2, -0.15) is 0 Å². The first-order valence-corrected chi connectivity index (χ1v) is 8.12. The van der Waals surface area contributed by atoms with Crippen molar-refractivity contribution in [3.8, 4) is 0 Å². The van der Waals surface area contributed by atoms with Crippen molar-refractivity contribution in [1.29, 1.82) is 0 Å². The topological polar surface area (TPSA) is 104 Å². The third-order valence-corrected chi connectivity index (χ3v) is 4.91. The molecule has 118 valence electrons. The number of aliphatic hydroxyl groups is 1. The number of sulfonamides is 1. The summed E-state index contributed by atoms with van der Waals surface area (Å²) in [6.45, 7) is 4.97. The lowest BCUT2D eigenvalue weighted by Gasteiger charge is -2.25. The largest absolute Gasteiger partial charge is 0.478 e.